The Balaban J connectivity index is 1.98. The predicted octanol–water partition coefficient (Wildman–Crippen LogP) is 4.83. The van der Waals surface area contributed by atoms with Crippen LogP contribution in [0.5, 0.6) is 11.5 Å². The summed E-state index contributed by atoms with van der Waals surface area (Å²) in [6.07, 6.45) is 3.79. The van der Waals surface area contributed by atoms with E-state index in [0.717, 1.165) is 16.1 Å². The van der Waals surface area contributed by atoms with Gasteiger partial charge in [-0.25, -0.2) is 0 Å². The van der Waals surface area contributed by atoms with E-state index in [9.17, 15) is 4.79 Å². The second-order valence-corrected chi connectivity index (χ2v) is 7.86. The minimum Gasteiger partial charge on any atom is -0.493 e. The van der Waals surface area contributed by atoms with Crippen LogP contribution in [0.15, 0.2) is 52.3 Å². The lowest BCUT2D eigenvalue weighted by Crippen LogP contribution is -2.27. The van der Waals surface area contributed by atoms with Crippen molar-refractivity contribution < 1.29 is 14.3 Å². The van der Waals surface area contributed by atoms with E-state index >= 15 is 0 Å². The molecule has 1 amide bonds. The van der Waals surface area contributed by atoms with Crippen molar-refractivity contribution in [2.24, 2.45) is 0 Å². The van der Waals surface area contributed by atoms with Gasteiger partial charge in [-0.2, -0.15) is 0 Å². The first-order chi connectivity index (χ1) is 12.6. The molecule has 1 saturated heterocycles. The van der Waals surface area contributed by atoms with Gasteiger partial charge in [0.05, 0.1) is 24.8 Å². The van der Waals surface area contributed by atoms with E-state index in [-0.39, 0.29) is 5.91 Å². The monoisotopic (exact) mass is 403 g/mol. The highest BCUT2D eigenvalue weighted by Gasteiger charge is 2.33. The van der Waals surface area contributed by atoms with Gasteiger partial charge in [-0.1, -0.05) is 42.2 Å². The third kappa shape index (κ3) is 3.60. The van der Waals surface area contributed by atoms with Crippen LogP contribution in [0.25, 0.3) is 6.08 Å². The normalized spacial score (nSPS) is 15.7. The second-order valence-electron chi connectivity index (χ2n) is 5.30. The number of para-hydroxylation sites is 1. The molecule has 1 aliphatic heterocycles. The van der Waals surface area contributed by atoms with Crippen molar-refractivity contribution in [1.29, 1.82) is 0 Å². The van der Waals surface area contributed by atoms with Gasteiger partial charge in [0.25, 0.3) is 5.91 Å². The summed E-state index contributed by atoms with van der Waals surface area (Å²) in [5.41, 5.74) is 1.55. The van der Waals surface area contributed by atoms with Gasteiger partial charge in [0.1, 0.15) is 0 Å². The third-order valence-corrected chi connectivity index (χ3v) is 5.85. The number of amides is 1. The fourth-order valence-electron chi connectivity index (χ4n) is 2.61. The number of nitrogens with zero attached hydrogens (tertiary/aromatic N) is 1. The van der Waals surface area contributed by atoms with E-state index in [2.05, 4.69) is 0 Å². The first-order valence-electron chi connectivity index (χ1n) is 7.72. The fraction of sp³-hybridized carbons (Fsp3) is 0.158. The molecule has 7 heteroatoms. The van der Waals surface area contributed by atoms with Crippen molar-refractivity contribution in [1.82, 2.24) is 0 Å². The molecule has 2 aromatic rings. The van der Waals surface area contributed by atoms with Crippen LogP contribution in [-0.4, -0.2) is 30.7 Å². The zero-order chi connectivity index (χ0) is 18.7. The molecule has 4 nitrogen and oxygen atoms in total. The summed E-state index contributed by atoms with van der Waals surface area (Å²) in [5.74, 6) is 1.07. The zero-order valence-electron chi connectivity index (χ0n) is 14.5. The predicted molar refractivity (Wildman–Crippen MR) is 113 cm³/mol. The maximum atomic E-state index is 12.9. The van der Waals surface area contributed by atoms with E-state index in [1.165, 1.54) is 11.8 Å². The molecule has 0 atom stereocenters. The smallest absolute Gasteiger partial charge is 0.270 e. The summed E-state index contributed by atoms with van der Waals surface area (Å²) in [7, 11) is 3.16. The van der Waals surface area contributed by atoms with Crippen molar-refractivity contribution in [2.45, 2.75) is 4.90 Å². The van der Waals surface area contributed by atoms with Gasteiger partial charge in [-0.3, -0.25) is 9.69 Å². The number of ether oxygens (including phenoxy) is 2. The maximum Gasteiger partial charge on any atom is 0.270 e. The summed E-state index contributed by atoms with van der Waals surface area (Å²) in [6, 6.07) is 13.3. The van der Waals surface area contributed by atoms with E-state index in [1.54, 1.807) is 37.0 Å². The van der Waals surface area contributed by atoms with Crippen LogP contribution in [0.2, 0.25) is 0 Å². The van der Waals surface area contributed by atoms with Crippen LogP contribution in [0.3, 0.4) is 0 Å². The first-order valence-corrected chi connectivity index (χ1v) is 10.2. The number of carbonyl (C=O) groups excluding carboxylic acids is 1. The van der Waals surface area contributed by atoms with E-state index in [4.69, 9.17) is 21.7 Å². The molecule has 1 fully saturated rings. The zero-order valence-corrected chi connectivity index (χ0v) is 17.0. The van der Waals surface area contributed by atoms with Crippen LogP contribution in [-0.2, 0) is 4.79 Å². The molecule has 0 aliphatic carbocycles. The van der Waals surface area contributed by atoms with Gasteiger partial charge in [-0.15, -0.1) is 11.8 Å². The highest BCUT2D eigenvalue weighted by Crippen LogP contribution is 2.39. The molecule has 3 rings (SSSR count). The molecule has 2 aromatic carbocycles. The van der Waals surface area contributed by atoms with Gasteiger partial charge >= 0.3 is 0 Å². The van der Waals surface area contributed by atoms with Crippen LogP contribution in [0.4, 0.5) is 5.69 Å². The number of carbonyl (C=O) groups is 1. The number of rotatable bonds is 5. The number of hydrogen-bond donors (Lipinski definition) is 0. The lowest BCUT2D eigenvalue weighted by molar-refractivity contribution is -0.113. The Bertz CT molecular complexity index is 895. The van der Waals surface area contributed by atoms with E-state index < -0.39 is 0 Å². The SMILES string of the molecule is COc1cccc(/C=C2/SC(=S)N(c3cccc(SC)c3)C2=O)c1OC. The van der Waals surface area contributed by atoms with Crippen LogP contribution in [0.1, 0.15) is 5.56 Å². The Kier molecular flexibility index (Phi) is 5.90. The number of anilines is 1. The van der Waals surface area contributed by atoms with Crippen molar-refractivity contribution >= 4 is 57.7 Å². The average molecular weight is 404 g/mol. The lowest BCUT2D eigenvalue weighted by atomic mass is 10.1. The molecule has 26 heavy (non-hydrogen) atoms. The van der Waals surface area contributed by atoms with Gasteiger partial charge < -0.3 is 9.47 Å². The number of methoxy groups -OCH3 is 2. The molecule has 0 bridgehead atoms. The van der Waals surface area contributed by atoms with Gasteiger partial charge in [0.2, 0.25) is 0 Å². The van der Waals surface area contributed by atoms with Gasteiger partial charge in [-0.05, 0) is 36.6 Å². The van der Waals surface area contributed by atoms with E-state index in [0.29, 0.717) is 20.7 Å². The molecule has 0 saturated carbocycles. The van der Waals surface area contributed by atoms with E-state index in [1.807, 2.05) is 48.7 Å². The Morgan fingerprint density at radius 2 is 1.92 bits per heavy atom. The quantitative estimate of drug-likeness (QED) is 0.404. The molecule has 1 aliphatic rings. The summed E-state index contributed by atoms with van der Waals surface area (Å²) in [5, 5.41) is 0. The minimum atomic E-state index is -0.136. The number of thiocarbonyl (C=S) groups is 1. The molecule has 0 N–H and O–H groups in total. The molecule has 0 radical (unpaired) electrons. The Morgan fingerprint density at radius 3 is 2.62 bits per heavy atom. The second kappa shape index (κ2) is 8.16. The van der Waals surface area contributed by atoms with Crippen LogP contribution in [0, 0.1) is 0 Å². The molecule has 0 spiro atoms. The summed E-state index contributed by atoms with van der Waals surface area (Å²) < 4.78 is 11.3. The number of benzene rings is 2. The molecule has 0 aromatic heterocycles. The first kappa shape index (κ1) is 18.8. The summed E-state index contributed by atoms with van der Waals surface area (Å²) in [4.78, 5) is 16.1. The lowest BCUT2D eigenvalue weighted by Gasteiger charge is -2.15. The highest BCUT2D eigenvalue weighted by atomic mass is 32.2. The third-order valence-electron chi connectivity index (χ3n) is 3.83. The van der Waals surface area contributed by atoms with Crippen LogP contribution >= 0.6 is 35.7 Å². The molecular weight excluding hydrogens is 386 g/mol. The molecular formula is C19H17NO3S3. The molecule has 134 valence electrons. The minimum absolute atomic E-state index is 0.136. The molecule has 1 heterocycles. The largest absolute Gasteiger partial charge is 0.493 e. The van der Waals surface area contributed by atoms with Crippen molar-refractivity contribution in [2.75, 3.05) is 25.4 Å². The number of thioether (sulfide) groups is 2. The average Bonchev–Trinajstić information content (AvgIpc) is 2.94. The van der Waals surface area contributed by atoms with Crippen molar-refractivity contribution in [3.05, 3.63) is 52.9 Å². The Labute approximate surface area is 166 Å². The highest BCUT2D eigenvalue weighted by molar-refractivity contribution is 8.27. The van der Waals surface area contributed by atoms with Gasteiger partial charge in [0, 0.05) is 10.5 Å². The topological polar surface area (TPSA) is 38.8 Å². The Morgan fingerprint density at radius 1 is 1.15 bits per heavy atom. The van der Waals surface area contributed by atoms with Crippen molar-refractivity contribution in [3.8, 4) is 11.5 Å². The summed E-state index contributed by atoms with van der Waals surface area (Å²) in [6.45, 7) is 0. The van der Waals surface area contributed by atoms with Gasteiger partial charge in [0.15, 0.2) is 15.8 Å². The summed E-state index contributed by atoms with van der Waals surface area (Å²) >= 11 is 8.35. The molecule has 0 unspecified atom stereocenters. The van der Waals surface area contributed by atoms with Crippen molar-refractivity contribution in [3.63, 3.8) is 0 Å². The fourth-order valence-corrected chi connectivity index (χ4v) is 4.35. The van der Waals surface area contributed by atoms with Crippen LogP contribution < -0.4 is 14.4 Å². The maximum absolute atomic E-state index is 12.9. The Hall–Kier alpha value is -1.96. The number of hydrogen-bond acceptors (Lipinski definition) is 6. The standard InChI is InChI=1S/C19H17NO3S3/c1-22-15-9-4-6-12(17(15)23-2)10-16-18(21)20(19(24)26-16)13-7-5-8-14(11-13)25-3/h4-11H,1-3H3/b16-10+.